The van der Waals surface area contributed by atoms with Crippen LogP contribution in [0.5, 0.6) is 0 Å². The molecule has 0 aliphatic carbocycles. The molecule has 2 aromatic rings. The molecule has 0 atom stereocenters. The summed E-state index contributed by atoms with van der Waals surface area (Å²) in [5.41, 5.74) is 5.90. The highest BCUT2D eigenvalue weighted by Gasteiger charge is 2.12. The summed E-state index contributed by atoms with van der Waals surface area (Å²) in [6.07, 6.45) is 1.59. The second kappa shape index (κ2) is 5.09. The molecular formula is C13H15FN4O. The number of amides is 1. The van der Waals surface area contributed by atoms with Crippen molar-refractivity contribution in [3.05, 3.63) is 41.8 Å². The molecule has 19 heavy (non-hydrogen) atoms. The number of hydrogen-bond acceptors (Lipinski definition) is 3. The van der Waals surface area contributed by atoms with E-state index in [-0.39, 0.29) is 17.3 Å². The molecule has 0 aliphatic heterocycles. The maximum absolute atomic E-state index is 13.2. The zero-order valence-corrected chi connectivity index (χ0v) is 10.7. The van der Waals surface area contributed by atoms with Crippen LogP contribution < -0.4 is 11.1 Å². The number of benzene rings is 1. The summed E-state index contributed by atoms with van der Waals surface area (Å²) in [6.45, 7) is 3.89. The van der Waals surface area contributed by atoms with Gasteiger partial charge in [-0.1, -0.05) is 0 Å². The van der Waals surface area contributed by atoms with Gasteiger partial charge in [0.1, 0.15) is 11.6 Å². The predicted octanol–water partition coefficient (Wildman–Crippen LogP) is 2.44. The standard InChI is InChI=1S/C13H15FN4O/c1-8(2)18-12(3-4-16-18)17-13(19)9-5-10(14)7-11(15)6-9/h3-8H,15H2,1-2H3,(H,17,19). The van der Waals surface area contributed by atoms with Crippen molar-refractivity contribution < 1.29 is 9.18 Å². The van der Waals surface area contributed by atoms with Crippen LogP contribution in [0.3, 0.4) is 0 Å². The van der Waals surface area contributed by atoms with Gasteiger partial charge >= 0.3 is 0 Å². The number of hydrogen-bond donors (Lipinski definition) is 2. The Morgan fingerprint density at radius 3 is 2.79 bits per heavy atom. The lowest BCUT2D eigenvalue weighted by Crippen LogP contribution is -2.17. The molecule has 6 heteroatoms. The van der Waals surface area contributed by atoms with Gasteiger partial charge in [0.2, 0.25) is 0 Å². The summed E-state index contributed by atoms with van der Waals surface area (Å²) in [5.74, 6) is -0.404. The van der Waals surface area contributed by atoms with Crippen molar-refractivity contribution in [2.45, 2.75) is 19.9 Å². The van der Waals surface area contributed by atoms with Crippen LogP contribution in [0.25, 0.3) is 0 Å². The Bertz CT molecular complexity index is 586. The number of carbonyl (C=O) groups is 1. The number of rotatable bonds is 3. The summed E-state index contributed by atoms with van der Waals surface area (Å²) in [7, 11) is 0. The van der Waals surface area contributed by atoms with Crippen molar-refractivity contribution in [1.29, 1.82) is 0 Å². The minimum atomic E-state index is -0.539. The molecule has 5 nitrogen and oxygen atoms in total. The van der Waals surface area contributed by atoms with Gasteiger partial charge in [0, 0.05) is 23.4 Å². The normalized spacial score (nSPS) is 10.7. The molecule has 100 valence electrons. The monoisotopic (exact) mass is 262 g/mol. The van der Waals surface area contributed by atoms with E-state index in [2.05, 4.69) is 10.4 Å². The van der Waals surface area contributed by atoms with Crippen molar-refractivity contribution in [2.75, 3.05) is 11.1 Å². The second-order valence-electron chi connectivity index (χ2n) is 4.48. The van der Waals surface area contributed by atoms with Gasteiger partial charge in [0.15, 0.2) is 0 Å². The Labute approximate surface area is 110 Å². The Morgan fingerprint density at radius 1 is 1.42 bits per heavy atom. The van der Waals surface area contributed by atoms with Crippen LogP contribution in [-0.2, 0) is 0 Å². The molecule has 2 rings (SSSR count). The molecule has 0 bridgehead atoms. The molecule has 1 heterocycles. The third-order valence-electron chi connectivity index (χ3n) is 2.58. The summed E-state index contributed by atoms with van der Waals surface area (Å²) in [6, 6.07) is 5.52. The maximum Gasteiger partial charge on any atom is 0.256 e. The topological polar surface area (TPSA) is 72.9 Å². The SMILES string of the molecule is CC(C)n1nccc1NC(=O)c1cc(N)cc(F)c1. The van der Waals surface area contributed by atoms with Gasteiger partial charge < -0.3 is 11.1 Å². The molecule has 0 spiro atoms. The fourth-order valence-electron chi connectivity index (χ4n) is 1.76. The largest absolute Gasteiger partial charge is 0.399 e. The quantitative estimate of drug-likeness (QED) is 0.834. The van der Waals surface area contributed by atoms with Crippen molar-refractivity contribution >= 4 is 17.4 Å². The number of nitrogens with one attached hydrogen (secondary N) is 1. The molecule has 0 saturated carbocycles. The lowest BCUT2D eigenvalue weighted by molar-refractivity contribution is 0.102. The number of nitrogens with two attached hydrogens (primary N) is 1. The van der Waals surface area contributed by atoms with E-state index >= 15 is 0 Å². The van der Waals surface area contributed by atoms with Crippen LogP contribution >= 0.6 is 0 Å². The van der Waals surface area contributed by atoms with Crippen LogP contribution in [0.1, 0.15) is 30.2 Å². The van der Waals surface area contributed by atoms with Crippen molar-refractivity contribution in [1.82, 2.24) is 9.78 Å². The molecular weight excluding hydrogens is 247 g/mol. The van der Waals surface area contributed by atoms with Gasteiger partial charge in [-0.2, -0.15) is 5.10 Å². The van der Waals surface area contributed by atoms with Gasteiger partial charge in [-0.15, -0.1) is 0 Å². The number of aromatic nitrogens is 2. The summed E-state index contributed by atoms with van der Waals surface area (Å²) in [5, 5.41) is 6.78. The van der Waals surface area contributed by atoms with E-state index in [0.717, 1.165) is 12.1 Å². The first kappa shape index (κ1) is 13.1. The van der Waals surface area contributed by atoms with E-state index in [1.54, 1.807) is 16.9 Å². The fourth-order valence-corrected chi connectivity index (χ4v) is 1.76. The highest BCUT2D eigenvalue weighted by molar-refractivity contribution is 6.04. The number of anilines is 2. The highest BCUT2D eigenvalue weighted by atomic mass is 19.1. The lowest BCUT2D eigenvalue weighted by atomic mass is 10.2. The van der Waals surface area contributed by atoms with Crippen molar-refractivity contribution in [2.24, 2.45) is 0 Å². The Balaban J connectivity index is 2.23. The Hall–Kier alpha value is -2.37. The molecule has 0 aliphatic rings. The second-order valence-corrected chi connectivity index (χ2v) is 4.48. The first-order valence-corrected chi connectivity index (χ1v) is 5.88. The average Bonchev–Trinajstić information content (AvgIpc) is 2.75. The molecule has 0 saturated heterocycles. The lowest BCUT2D eigenvalue weighted by Gasteiger charge is -2.12. The number of nitrogens with zero attached hydrogens (tertiary/aromatic N) is 2. The highest BCUT2D eigenvalue weighted by Crippen LogP contribution is 2.16. The van der Waals surface area contributed by atoms with Crippen LogP contribution in [0.2, 0.25) is 0 Å². The smallest absolute Gasteiger partial charge is 0.256 e. The minimum Gasteiger partial charge on any atom is -0.399 e. The van der Waals surface area contributed by atoms with Crippen molar-refractivity contribution in [3.63, 3.8) is 0 Å². The fraction of sp³-hybridized carbons (Fsp3) is 0.231. The van der Waals surface area contributed by atoms with Gasteiger partial charge in [-0.05, 0) is 32.0 Å². The summed E-state index contributed by atoms with van der Waals surface area (Å²) in [4.78, 5) is 12.0. The molecule has 0 fully saturated rings. The zero-order valence-electron chi connectivity index (χ0n) is 10.7. The van der Waals surface area contributed by atoms with Gasteiger partial charge in [-0.3, -0.25) is 4.79 Å². The van der Waals surface area contributed by atoms with E-state index in [4.69, 9.17) is 5.73 Å². The third-order valence-corrected chi connectivity index (χ3v) is 2.58. The van der Waals surface area contributed by atoms with Crippen LogP contribution in [0, 0.1) is 5.82 Å². The van der Waals surface area contributed by atoms with Gasteiger partial charge in [-0.25, -0.2) is 9.07 Å². The molecule has 3 N–H and O–H groups in total. The van der Waals surface area contributed by atoms with Crippen LogP contribution in [0.15, 0.2) is 30.5 Å². The molecule has 1 aromatic carbocycles. The molecule has 0 unspecified atom stereocenters. The van der Waals surface area contributed by atoms with E-state index < -0.39 is 11.7 Å². The molecule has 1 aromatic heterocycles. The molecule has 1 amide bonds. The summed E-state index contributed by atoms with van der Waals surface area (Å²) < 4.78 is 14.9. The molecule has 0 radical (unpaired) electrons. The maximum atomic E-state index is 13.2. The van der Waals surface area contributed by atoms with Gasteiger partial charge in [0.25, 0.3) is 5.91 Å². The summed E-state index contributed by atoms with van der Waals surface area (Å²) >= 11 is 0. The number of halogens is 1. The van der Waals surface area contributed by atoms with E-state index in [0.29, 0.717) is 5.82 Å². The Kier molecular flexibility index (Phi) is 3.50. The zero-order chi connectivity index (χ0) is 14.0. The Morgan fingerprint density at radius 2 is 2.16 bits per heavy atom. The first-order valence-electron chi connectivity index (χ1n) is 5.88. The van der Waals surface area contributed by atoms with Crippen LogP contribution in [0.4, 0.5) is 15.9 Å². The minimum absolute atomic E-state index is 0.114. The van der Waals surface area contributed by atoms with Crippen molar-refractivity contribution in [3.8, 4) is 0 Å². The number of carbonyl (C=O) groups excluding carboxylic acids is 1. The van der Waals surface area contributed by atoms with Gasteiger partial charge in [0.05, 0.1) is 6.20 Å². The number of nitrogen functional groups attached to an aromatic ring is 1. The van der Waals surface area contributed by atoms with E-state index in [1.807, 2.05) is 13.8 Å². The average molecular weight is 262 g/mol. The predicted molar refractivity (Wildman–Crippen MR) is 71.4 cm³/mol. The van der Waals surface area contributed by atoms with E-state index in [1.165, 1.54) is 6.07 Å². The van der Waals surface area contributed by atoms with E-state index in [9.17, 15) is 9.18 Å². The van der Waals surface area contributed by atoms with Crippen LogP contribution in [-0.4, -0.2) is 15.7 Å². The third kappa shape index (κ3) is 2.90. The first-order chi connectivity index (χ1) is 8.97.